The van der Waals surface area contributed by atoms with Gasteiger partial charge in [-0.15, -0.1) is 0 Å². The van der Waals surface area contributed by atoms with Crippen LogP contribution in [0, 0.1) is 0 Å². The summed E-state index contributed by atoms with van der Waals surface area (Å²) >= 11 is 0. The van der Waals surface area contributed by atoms with Crippen molar-refractivity contribution in [2.75, 3.05) is 0 Å². The Morgan fingerprint density at radius 2 is 0.859 bits per heavy atom. The molecular formula is C57H33N5O2. The lowest BCUT2D eigenvalue weighted by Gasteiger charge is -2.13. The molecule has 14 rings (SSSR count). The highest BCUT2D eigenvalue weighted by atomic mass is 16.3. The van der Waals surface area contributed by atoms with E-state index in [4.69, 9.17) is 23.8 Å². The average Bonchev–Trinajstić information content (AvgIpc) is 4.12. The molecule has 0 bridgehead atoms. The molecule has 7 nitrogen and oxygen atoms in total. The van der Waals surface area contributed by atoms with E-state index in [-0.39, 0.29) is 0 Å². The van der Waals surface area contributed by atoms with E-state index in [2.05, 4.69) is 161 Å². The lowest BCUT2D eigenvalue weighted by molar-refractivity contribution is 0.668. The first-order valence-corrected chi connectivity index (χ1v) is 21.4. The molecule has 14 aromatic rings. The zero-order valence-corrected chi connectivity index (χ0v) is 34.1. The van der Waals surface area contributed by atoms with Gasteiger partial charge in [0.15, 0.2) is 11.6 Å². The quantitative estimate of drug-likeness (QED) is 0.173. The Hall–Kier alpha value is -8.81. The van der Waals surface area contributed by atoms with Crippen LogP contribution in [0.4, 0.5) is 0 Å². The van der Waals surface area contributed by atoms with Crippen LogP contribution in [0.15, 0.2) is 209 Å². The maximum absolute atomic E-state index is 6.55. The van der Waals surface area contributed by atoms with Gasteiger partial charge in [-0.2, -0.15) is 9.97 Å². The summed E-state index contributed by atoms with van der Waals surface area (Å²) in [4.78, 5) is 16.1. The highest BCUT2D eigenvalue weighted by Crippen LogP contribution is 2.44. The minimum Gasteiger partial charge on any atom is -0.456 e. The lowest BCUT2D eigenvalue weighted by Crippen LogP contribution is -2.07. The van der Waals surface area contributed by atoms with Crippen LogP contribution in [0.5, 0.6) is 0 Å². The van der Waals surface area contributed by atoms with Crippen molar-refractivity contribution in [2.24, 2.45) is 0 Å². The van der Waals surface area contributed by atoms with Gasteiger partial charge in [0, 0.05) is 59.9 Å². The van der Waals surface area contributed by atoms with Crippen molar-refractivity contribution in [1.82, 2.24) is 24.1 Å². The van der Waals surface area contributed by atoms with Gasteiger partial charge in [0.1, 0.15) is 22.3 Å². The van der Waals surface area contributed by atoms with Crippen LogP contribution >= 0.6 is 0 Å². The van der Waals surface area contributed by atoms with Crippen LogP contribution in [0.1, 0.15) is 0 Å². The first kappa shape index (κ1) is 34.9. The molecule has 64 heavy (non-hydrogen) atoms. The number of hydrogen-bond acceptors (Lipinski definition) is 5. The predicted molar refractivity (Wildman–Crippen MR) is 259 cm³/mol. The van der Waals surface area contributed by atoms with Gasteiger partial charge in [0.05, 0.1) is 22.1 Å². The summed E-state index contributed by atoms with van der Waals surface area (Å²) in [6.45, 7) is 0. The second-order valence-corrected chi connectivity index (χ2v) is 16.3. The Balaban J connectivity index is 1.11. The lowest BCUT2D eigenvalue weighted by atomic mass is 9.99. The molecule has 0 fully saturated rings. The van der Waals surface area contributed by atoms with Crippen LogP contribution in [-0.4, -0.2) is 24.1 Å². The molecule has 0 N–H and O–H groups in total. The molecule has 0 saturated heterocycles. The third kappa shape index (κ3) is 5.00. The van der Waals surface area contributed by atoms with Crippen LogP contribution in [0.3, 0.4) is 0 Å². The number of furan rings is 2. The Labute approximate surface area is 364 Å². The summed E-state index contributed by atoms with van der Waals surface area (Å²) < 4.78 is 17.6. The van der Waals surface area contributed by atoms with E-state index in [0.717, 1.165) is 115 Å². The molecule has 0 aliphatic carbocycles. The van der Waals surface area contributed by atoms with Crippen LogP contribution in [0.25, 0.3) is 133 Å². The molecule has 0 amide bonds. The van der Waals surface area contributed by atoms with E-state index >= 15 is 0 Å². The maximum atomic E-state index is 6.55. The highest BCUT2D eigenvalue weighted by Gasteiger charge is 2.25. The van der Waals surface area contributed by atoms with Crippen molar-refractivity contribution in [3.05, 3.63) is 200 Å². The minimum absolute atomic E-state index is 0.521. The van der Waals surface area contributed by atoms with Gasteiger partial charge >= 0.3 is 0 Å². The van der Waals surface area contributed by atoms with E-state index < -0.39 is 0 Å². The summed E-state index contributed by atoms with van der Waals surface area (Å²) in [6, 6.07) is 69.6. The van der Waals surface area contributed by atoms with Crippen molar-refractivity contribution in [3.8, 4) is 45.5 Å². The largest absolute Gasteiger partial charge is 0.456 e. The van der Waals surface area contributed by atoms with Gasteiger partial charge < -0.3 is 13.4 Å². The van der Waals surface area contributed by atoms with Gasteiger partial charge in [0.25, 0.3) is 0 Å². The normalized spacial score (nSPS) is 12.1. The molecule has 0 atom stereocenters. The number of hydrogen-bond donors (Lipinski definition) is 0. The Morgan fingerprint density at radius 3 is 1.58 bits per heavy atom. The fraction of sp³-hybridized carbons (Fsp3) is 0. The third-order valence-electron chi connectivity index (χ3n) is 12.8. The molecule has 0 aliphatic rings. The number of fused-ring (bicyclic) bond motifs is 13. The van der Waals surface area contributed by atoms with Crippen molar-refractivity contribution < 1.29 is 8.83 Å². The topological polar surface area (TPSA) is 74.8 Å². The maximum Gasteiger partial charge on any atom is 0.238 e. The first-order chi connectivity index (χ1) is 31.7. The molecule has 0 saturated carbocycles. The average molecular weight is 820 g/mol. The molecule has 0 unspecified atom stereocenters. The summed E-state index contributed by atoms with van der Waals surface area (Å²) in [7, 11) is 0. The molecular weight excluding hydrogens is 787 g/mol. The standard InChI is InChI=1S/C57H33N5O2/c1-3-15-34(16-4-1)37-22-13-27-49-51(37)44-33-36(29-32-48(44)64-49)61-45-24-10-7-19-38(45)40-30-31-41-39-20-8-11-25-46(39)62(54(41)53(40)61)57-59-55(35-17-5-2-6-18-35)58-56(60-57)43-23-14-28-50-52(43)42-21-9-12-26-47(42)63-50/h1-33H. The molecule has 9 aromatic carbocycles. The molecule has 7 heteroatoms. The van der Waals surface area contributed by atoms with Crippen LogP contribution in [-0.2, 0) is 0 Å². The Bertz CT molecular complexity index is 4200. The zero-order valence-electron chi connectivity index (χ0n) is 34.1. The fourth-order valence-electron chi connectivity index (χ4n) is 10.1. The Kier molecular flexibility index (Phi) is 7.27. The van der Waals surface area contributed by atoms with Crippen molar-refractivity contribution in [2.45, 2.75) is 0 Å². The van der Waals surface area contributed by atoms with E-state index in [1.807, 2.05) is 48.5 Å². The number of benzene rings is 9. The van der Waals surface area contributed by atoms with Crippen molar-refractivity contribution in [1.29, 1.82) is 0 Å². The smallest absolute Gasteiger partial charge is 0.238 e. The van der Waals surface area contributed by atoms with Crippen molar-refractivity contribution in [3.63, 3.8) is 0 Å². The number of rotatable bonds is 5. The molecule has 5 aromatic heterocycles. The SMILES string of the molecule is c1ccc(-c2nc(-c3cccc4oc5ccccc5c34)nc(-n3c4ccccc4c4ccc5c6ccccc6n(-c6ccc7oc8cccc(-c9ccccc9)c8c7c6)c5c43)n2)cc1. The van der Waals surface area contributed by atoms with Crippen molar-refractivity contribution >= 4 is 87.5 Å². The van der Waals surface area contributed by atoms with Gasteiger partial charge in [-0.3, -0.25) is 4.57 Å². The second-order valence-electron chi connectivity index (χ2n) is 16.3. The molecule has 5 heterocycles. The van der Waals surface area contributed by atoms with Crippen LogP contribution < -0.4 is 0 Å². The Morgan fingerprint density at radius 1 is 0.328 bits per heavy atom. The summed E-state index contributed by atoms with van der Waals surface area (Å²) in [5.41, 5.74) is 12.5. The van der Waals surface area contributed by atoms with E-state index in [1.165, 1.54) is 0 Å². The van der Waals surface area contributed by atoms with Gasteiger partial charge in [0.2, 0.25) is 5.95 Å². The monoisotopic (exact) mass is 819 g/mol. The second kappa shape index (κ2) is 13.3. The highest BCUT2D eigenvalue weighted by molar-refractivity contribution is 6.24. The summed E-state index contributed by atoms with van der Waals surface area (Å²) in [6.07, 6.45) is 0. The summed E-state index contributed by atoms with van der Waals surface area (Å²) in [5, 5.41) is 8.61. The number of para-hydroxylation sites is 3. The van der Waals surface area contributed by atoms with Gasteiger partial charge in [-0.25, -0.2) is 4.98 Å². The fourth-order valence-corrected chi connectivity index (χ4v) is 10.1. The number of aromatic nitrogens is 5. The van der Waals surface area contributed by atoms with E-state index in [1.54, 1.807) is 0 Å². The van der Waals surface area contributed by atoms with E-state index in [0.29, 0.717) is 17.6 Å². The van der Waals surface area contributed by atoms with Gasteiger partial charge in [-0.05, 0) is 59.7 Å². The van der Waals surface area contributed by atoms with Gasteiger partial charge in [-0.1, -0.05) is 152 Å². The van der Waals surface area contributed by atoms with Crippen LogP contribution in [0.2, 0.25) is 0 Å². The van der Waals surface area contributed by atoms with E-state index in [9.17, 15) is 0 Å². The third-order valence-corrected chi connectivity index (χ3v) is 12.8. The summed E-state index contributed by atoms with van der Waals surface area (Å²) in [5.74, 6) is 1.66. The minimum atomic E-state index is 0.521. The molecule has 0 aliphatic heterocycles. The molecule has 0 radical (unpaired) electrons. The zero-order chi connectivity index (χ0) is 41.9. The molecule has 0 spiro atoms. The first-order valence-electron chi connectivity index (χ1n) is 21.4. The predicted octanol–water partition coefficient (Wildman–Crippen LogP) is 14.9. The number of nitrogens with zero attached hydrogens (tertiary/aromatic N) is 5. The molecule has 298 valence electrons.